The minimum Gasteiger partial charge on any atom is -0.435 e. The van der Waals surface area contributed by atoms with Gasteiger partial charge in [-0.1, -0.05) is 6.07 Å². The van der Waals surface area contributed by atoms with Gasteiger partial charge in [-0.05, 0) is 25.0 Å². The highest BCUT2D eigenvalue weighted by molar-refractivity contribution is 7.86. The lowest BCUT2D eigenvalue weighted by Crippen LogP contribution is -2.44. The molecule has 0 aliphatic carbocycles. The van der Waals surface area contributed by atoms with Crippen LogP contribution in [0, 0.1) is 5.92 Å². The van der Waals surface area contributed by atoms with E-state index in [1.165, 1.54) is 18.2 Å². The van der Waals surface area contributed by atoms with Crippen molar-refractivity contribution in [2.24, 2.45) is 11.1 Å². The molecule has 128 valence electrons. The van der Waals surface area contributed by atoms with E-state index in [2.05, 4.69) is 10.1 Å². The van der Waals surface area contributed by atoms with Gasteiger partial charge in [-0.25, -0.2) is 5.14 Å². The minimum atomic E-state index is -3.74. The third-order valence-electron chi connectivity index (χ3n) is 3.51. The van der Waals surface area contributed by atoms with Gasteiger partial charge in [-0.3, -0.25) is 4.79 Å². The molecule has 1 aliphatic heterocycles. The number of hydrogen-bond acceptors (Lipinski definition) is 4. The lowest BCUT2D eigenvalue weighted by atomic mass is 9.97. The highest BCUT2D eigenvalue weighted by Crippen LogP contribution is 2.23. The third kappa shape index (κ3) is 5.12. The molecule has 0 spiro atoms. The van der Waals surface area contributed by atoms with Gasteiger partial charge < -0.3 is 10.1 Å². The maximum Gasteiger partial charge on any atom is 0.387 e. The molecule has 0 bridgehead atoms. The predicted octanol–water partition coefficient (Wildman–Crippen LogP) is 1.14. The van der Waals surface area contributed by atoms with Crippen molar-refractivity contribution in [2.75, 3.05) is 18.4 Å². The van der Waals surface area contributed by atoms with E-state index in [1.807, 2.05) is 0 Å². The zero-order valence-electron chi connectivity index (χ0n) is 12.1. The first kappa shape index (κ1) is 17.6. The van der Waals surface area contributed by atoms with Crippen molar-refractivity contribution in [3.63, 3.8) is 0 Å². The van der Waals surface area contributed by atoms with Gasteiger partial charge in [0.2, 0.25) is 5.91 Å². The second-order valence-electron chi connectivity index (χ2n) is 5.11. The number of halogens is 2. The van der Waals surface area contributed by atoms with Gasteiger partial charge in [0.15, 0.2) is 0 Å². The van der Waals surface area contributed by atoms with E-state index in [0.717, 1.165) is 4.31 Å². The molecule has 0 atom stereocenters. The van der Waals surface area contributed by atoms with Crippen molar-refractivity contribution in [1.82, 2.24) is 4.31 Å². The van der Waals surface area contributed by atoms with Crippen LogP contribution in [-0.2, 0) is 15.0 Å². The highest BCUT2D eigenvalue weighted by Gasteiger charge is 2.29. The number of hydrogen-bond donors (Lipinski definition) is 2. The number of nitrogens with two attached hydrogens (primary N) is 1. The second kappa shape index (κ2) is 7.20. The molecule has 1 aliphatic rings. The summed E-state index contributed by atoms with van der Waals surface area (Å²) >= 11 is 0. The van der Waals surface area contributed by atoms with Gasteiger partial charge in [0.05, 0.1) is 0 Å². The molecule has 1 aromatic rings. The van der Waals surface area contributed by atoms with Gasteiger partial charge in [0, 0.05) is 30.8 Å². The molecule has 10 heteroatoms. The molecular formula is C13H17F2N3O4S. The van der Waals surface area contributed by atoms with E-state index in [1.54, 1.807) is 6.07 Å². The van der Waals surface area contributed by atoms with Crippen LogP contribution in [0.4, 0.5) is 14.5 Å². The minimum absolute atomic E-state index is 0.0538. The number of benzene rings is 1. The summed E-state index contributed by atoms with van der Waals surface area (Å²) in [6.45, 7) is -2.60. The molecule has 1 fully saturated rings. The van der Waals surface area contributed by atoms with Gasteiger partial charge in [0.1, 0.15) is 5.75 Å². The quantitative estimate of drug-likeness (QED) is 0.832. The molecule has 1 heterocycles. The Balaban J connectivity index is 1.93. The molecule has 1 aromatic carbocycles. The number of carbonyl (C=O) groups is 1. The van der Waals surface area contributed by atoms with Crippen LogP contribution in [0.25, 0.3) is 0 Å². The molecule has 7 nitrogen and oxygen atoms in total. The molecule has 2 rings (SSSR count). The summed E-state index contributed by atoms with van der Waals surface area (Å²) in [5, 5.41) is 7.65. The van der Waals surface area contributed by atoms with Crippen molar-refractivity contribution >= 4 is 21.8 Å². The topological polar surface area (TPSA) is 102 Å². The Morgan fingerprint density at radius 2 is 2.00 bits per heavy atom. The van der Waals surface area contributed by atoms with Crippen LogP contribution in [0.3, 0.4) is 0 Å². The lowest BCUT2D eigenvalue weighted by molar-refractivity contribution is -0.120. The maximum absolute atomic E-state index is 12.2. The number of alkyl halides is 2. The standard InChI is InChI=1S/C13H17F2N3O4S/c14-13(15)22-11-3-1-2-10(8-11)17-12(19)9-4-6-18(7-5-9)23(16,20)21/h1-3,8-9,13H,4-7H2,(H,17,19)(H2,16,20,21). The van der Waals surface area contributed by atoms with E-state index in [-0.39, 0.29) is 30.7 Å². The predicted molar refractivity (Wildman–Crippen MR) is 79.1 cm³/mol. The van der Waals surface area contributed by atoms with Crippen molar-refractivity contribution < 1.29 is 26.7 Å². The largest absolute Gasteiger partial charge is 0.435 e. The first-order valence-electron chi connectivity index (χ1n) is 6.89. The molecule has 1 saturated heterocycles. The summed E-state index contributed by atoms with van der Waals surface area (Å²) in [4.78, 5) is 12.2. The van der Waals surface area contributed by atoms with E-state index in [0.29, 0.717) is 18.5 Å². The fourth-order valence-electron chi connectivity index (χ4n) is 2.37. The zero-order chi connectivity index (χ0) is 17.0. The number of nitrogens with zero attached hydrogens (tertiary/aromatic N) is 1. The summed E-state index contributed by atoms with van der Waals surface area (Å²) in [6.07, 6.45) is 0.685. The molecule has 1 amide bonds. The Hall–Kier alpha value is -1.78. The van der Waals surface area contributed by atoms with Crippen LogP contribution in [0.1, 0.15) is 12.8 Å². The highest BCUT2D eigenvalue weighted by atomic mass is 32.2. The number of piperidine rings is 1. The Morgan fingerprint density at radius 1 is 1.35 bits per heavy atom. The number of nitrogens with one attached hydrogen (secondary N) is 1. The van der Waals surface area contributed by atoms with Crippen LogP contribution in [0.2, 0.25) is 0 Å². The van der Waals surface area contributed by atoms with Crippen molar-refractivity contribution in [1.29, 1.82) is 0 Å². The molecule has 0 saturated carbocycles. The number of rotatable bonds is 5. The molecule has 3 N–H and O–H groups in total. The van der Waals surface area contributed by atoms with Gasteiger partial charge in [-0.2, -0.15) is 21.5 Å². The van der Waals surface area contributed by atoms with Crippen LogP contribution in [0.5, 0.6) is 5.75 Å². The molecule has 0 aromatic heterocycles. The monoisotopic (exact) mass is 349 g/mol. The first-order valence-corrected chi connectivity index (χ1v) is 8.39. The van der Waals surface area contributed by atoms with Crippen LogP contribution in [-0.4, -0.2) is 38.3 Å². The second-order valence-corrected chi connectivity index (χ2v) is 6.66. The molecule has 0 radical (unpaired) electrons. The molecule has 0 unspecified atom stereocenters. The first-order chi connectivity index (χ1) is 10.8. The van der Waals surface area contributed by atoms with Gasteiger partial charge in [0.25, 0.3) is 10.2 Å². The van der Waals surface area contributed by atoms with Crippen LogP contribution in [0.15, 0.2) is 24.3 Å². The smallest absolute Gasteiger partial charge is 0.387 e. The average molecular weight is 349 g/mol. The summed E-state index contributed by atoms with van der Waals surface area (Å²) in [5.74, 6) is -0.720. The van der Waals surface area contributed by atoms with Crippen LogP contribution >= 0.6 is 0 Å². The number of amides is 1. The van der Waals surface area contributed by atoms with Gasteiger partial charge in [-0.15, -0.1) is 0 Å². The van der Waals surface area contributed by atoms with E-state index >= 15 is 0 Å². The third-order valence-corrected chi connectivity index (χ3v) is 4.60. The molecule has 23 heavy (non-hydrogen) atoms. The van der Waals surface area contributed by atoms with Crippen molar-refractivity contribution in [3.8, 4) is 5.75 Å². The van der Waals surface area contributed by atoms with Gasteiger partial charge >= 0.3 is 6.61 Å². The van der Waals surface area contributed by atoms with Crippen LogP contribution < -0.4 is 15.2 Å². The zero-order valence-corrected chi connectivity index (χ0v) is 12.9. The Morgan fingerprint density at radius 3 is 2.57 bits per heavy atom. The summed E-state index contributed by atoms with van der Waals surface area (Å²) in [6, 6.07) is 5.68. The summed E-state index contributed by atoms with van der Waals surface area (Å²) in [7, 11) is -3.74. The Kier molecular flexibility index (Phi) is 5.50. The average Bonchev–Trinajstić information content (AvgIpc) is 2.46. The summed E-state index contributed by atoms with van der Waals surface area (Å²) < 4.78 is 52.1. The lowest BCUT2D eigenvalue weighted by Gasteiger charge is -2.29. The van der Waals surface area contributed by atoms with E-state index < -0.39 is 16.8 Å². The van der Waals surface area contributed by atoms with E-state index in [4.69, 9.17) is 5.14 Å². The van der Waals surface area contributed by atoms with Crippen molar-refractivity contribution in [2.45, 2.75) is 19.5 Å². The normalized spacial score (nSPS) is 17.2. The molecular weight excluding hydrogens is 332 g/mol. The number of ether oxygens (including phenoxy) is 1. The number of carbonyl (C=O) groups excluding carboxylic acids is 1. The Bertz CT molecular complexity index is 661. The SMILES string of the molecule is NS(=O)(=O)N1CCC(C(=O)Nc2cccc(OC(F)F)c2)CC1. The maximum atomic E-state index is 12.2. The van der Waals surface area contributed by atoms with E-state index in [9.17, 15) is 22.0 Å². The summed E-state index contributed by atoms with van der Waals surface area (Å²) in [5.41, 5.74) is 0.335. The Labute approximate surface area is 132 Å². The fraction of sp³-hybridized carbons (Fsp3) is 0.462. The van der Waals surface area contributed by atoms with Crippen molar-refractivity contribution in [3.05, 3.63) is 24.3 Å². The fourth-order valence-corrected chi connectivity index (χ4v) is 3.09. The number of anilines is 1.